The summed E-state index contributed by atoms with van der Waals surface area (Å²) in [6.45, 7) is 20.9. The van der Waals surface area contributed by atoms with E-state index < -0.39 is 5.41 Å². The molecular formula is C36H57BrO4. The van der Waals surface area contributed by atoms with E-state index >= 15 is 0 Å². The fourth-order valence-corrected chi connectivity index (χ4v) is 12.6. The zero-order valence-electron chi connectivity index (χ0n) is 27.4. The summed E-state index contributed by atoms with van der Waals surface area (Å²) < 4.78 is 6.06. The number of carbonyl (C=O) groups is 3. The largest absolute Gasteiger partial charge is 0.462 e. The summed E-state index contributed by atoms with van der Waals surface area (Å²) >= 11 is 3.06. The summed E-state index contributed by atoms with van der Waals surface area (Å²) in [5, 5.41) is 0. The topological polar surface area (TPSA) is 60.4 Å². The van der Waals surface area contributed by atoms with Crippen molar-refractivity contribution in [3.63, 3.8) is 0 Å². The van der Waals surface area contributed by atoms with E-state index in [0.29, 0.717) is 35.5 Å². The van der Waals surface area contributed by atoms with Gasteiger partial charge in [-0.15, -0.1) is 0 Å². The molecule has 4 nitrogen and oxygen atoms in total. The summed E-state index contributed by atoms with van der Waals surface area (Å²) in [6.07, 6.45) is 12.9. The predicted molar refractivity (Wildman–Crippen MR) is 167 cm³/mol. The molecule has 41 heavy (non-hydrogen) atoms. The van der Waals surface area contributed by atoms with Crippen LogP contribution >= 0.6 is 15.9 Å². The van der Waals surface area contributed by atoms with Crippen molar-refractivity contribution in [1.82, 2.24) is 0 Å². The molecule has 0 N–H and O–H groups in total. The zero-order valence-corrected chi connectivity index (χ0v) is 29.0. The number of esters is 1. The molecule has 5 fully saturated rings. The number of halogens is 1. The highest BCUT2D eigenvalue weighted by molar-refractivity contribution is 9.18. The van der Waals surface area contributed by atoms with E-state index in [4.69, 9.17) is 4.74 Å². The van der Waals surface area contributed by atoms with Crippen LogP contribution in [0.25, 0.3) is 0 Å². The summed E-state index contributed by atoms with van der Waals surface area (Å²) in [6, 6.07) is 0. The maximum absolute atomic E-state index is 13.0. The molecule has 0 heterocycles. The highest BCUT2D eigenvalue weighted by atomic mass is 79.9. The third-order valence-corrected chi connectivity index (χ3v) is 16.0. The number of ether oxygens (including phenoxy) is 1. The first-order valence-electron chi connectivity index (χ1n) is 16.8. The fraction of sp³-hybridized carbons (Fsp3) is 0.917. The Kier molecular flexibility index (Phi) is 7.86. The normalized spacial score (nSPS) is 47.0. The Balaban J connectivity index is 1.41. The van der Waals surface area contributed by atoms with E-state index in [1.165, 1.54) is 44.8 Å². The van der Waals surface area contributed by atoms with E-state index in [0.717, 1.165) is 25.7 Å². The third-order valence-electron chi connectivity index (χ3n) is 15.0. The number of aldehydes is 1. The third kappa shape index (κ3) is 4.49. The van der Waals surface area contributed by atoms with Crippen LogP contribution in [0, 0.1) is 68.0 Å². The molecular weight excluding hydrogens is 576 g/mol. The molecule has 0 spiro atoms. The van der Waals surface area contributed by atoms with Crippen molar-refractivity contribution < 1.29 is 19.1 Å². The molecule has 0 aliphatic heterocycles. The van der Waals surface area contributed by atoms with Gasteiger partial charge in [-0.2, -0.15) is 0 Å². The van der Waals surface area contributed by atoms with Crippen LogP contribution in [0.15, 0.2) is 0 Å². The molecule has 0 aromatic rings. The Morgan fingerprint density at radius 2 is 1.56 bits per heavy atom. The Labute approximate surface area is 258 Å². The van der Waals surface area contributed by atoms with Gasteiger partial charge in [0.25, 0.3) is 0 Å². The number of hydrogen-bond donors (Lipinski definition) is 0. The minimum atomic E-state index is -0.763. The standard InChI is InChI=1S/C36H57BrO4/c1-22(2)23-12-17-36(21-38)19-18-34(8)24(29(23)36)10-11-26-33(7)15-14-27(41-28(39)20-31(3,4)30(37)40)32(5,6)25(33)13-16-35(26,34)9/h21-27,29H,10-20H2,1-9H3/t23-,24?,25?,26?,27-,29?,33-,34+,35+,36+/m0/s1. The van der Waals surface area contributed by atoms with Gasteiger partial charge in [-0.3, -0.25) is 9.59 Å². The number of hydrogen-bond acceptors (Lipinski definition) is 4. The van der Waals surface area contributed by atoms with Crippen LogP contribution in [0.2, 0.25) is 0 Å². The Morgan fingerprint density at radius 3 is 2.17 bits per heavy atom. The number of carbonyl (C=O) groups excluding carboxylic acids is 3. The van der Waals surface area contributed by atoms with Gasteiger partial charge < -0.3 is 9.53 Å². The molecule has 5 saturated carbocycles. The van der Waals surface area contributed by atoms with Gasteiger partial charge in [-0.25, -0.2) is 0 Å². The molecule has 0 aromatic carbocycles. The molecule has 4 unspecified atom stereocenters. The lowest BCUT2D eigenvalue weighted by atomic mass is 9.32. The van der Waals surface area contributed by atoms with Gasteiger partial charge in [0.15, 0.2) is 0 Å². The van der Waals surface area contributed by atoms with Gasteiger partial charge in [-0.1, -0.05) is 62.3 Å². The second-order valence-electron chi connectivity index (χ2n) is 17.7. The van der Waals surface area contributed by atoms with Crippen molar-refractivity contribution in [1.29, 1.82) is 0 Å². The molecule has 5 aliphatic carbocycles. The molecule has 5 rings (SSSR count). The van der Waals surface area contributed by atoms with Gasteiger partial charge in [0.05, 0.1) is 6.42 Å². The van der Waals surface area contributed by atoms with Crippen LogP contribution in [-0.4, -0.2) is 23.1 Å². The van der Waals surface area contributed by atoms with Crippen molar-refractivity contribution in [2.24, 2.45) is 68.0 Å². The molecule has 5 heteroatoms. The van der Waals surface area contributed by atoms with Gasteiger partial charge >= 0.3 is 5.97 Å². The van der Waals surface area contributed by atoms with E-state index in [9.17, 15) is 14.4 Å². The first-order valence-corrected chi connectivity index (χ1v) is 17.5. The van der Waals surface area contributed by atoms with E-state index in [2.05, 4.69) is 64.4 Å². The molecule has 0 amide bonds. The first-order chi connectivity index (χ1) is 18.9. The average Bonchev–Trinajstić information content (AvgIpc) is 3.26. The second kappa shape index (κ2) is 10.2. The predicted octanol–water partition coefficient (Wildman–Crippen LogP) is 9.17. The highest BCUT2D eigenvalue weighted by Crippen LogP contribution is 2.77. The van der Waals surface area contributed by atoms with E-state index in [1.54, 1.807) is 13.8 Å². The van der Waals surface area contributed by atoms with Crippen LogP contribution in [0.5, 0.6) is 0 Å². The van der Waals surface area contributed by atoms with Crippen LogP contribution in [0.3, 0.4) is 0 Å². The van der Waals surface area contributed by atoms with Crippen molar-refractivity contribution in [2.75, 3.05) is 0 Å². The van der Waals surface area contributed by atoms with Gasteiger partial charge in [0.1, 0.15) is 12.4 Å². The molecule has 0 aromatic heterocycles. The van der Waals surface area contributed by atoms with Crippen molar-refractivity contribution in [3.05, 3.63) is 0 Å². The van der Waals surface area contributed by atoms with Crippen molar-refractivity contribution in [2.45, 2.75) is 139 Å². The Bertz CT molecular complexity index is 1080. The lowest BCUT2D eigenvalue weighted by molar-refractivity contribution is -0.249. The summed E-state index contributed by atoms with van der Waals surface area (Å²) in [5.74, 6) is 3.39. The summed E-state index contributed by atoms with van der Waals surface area (Å²) in [5.41, 5.74) is -0.218. The van der Waals surface area contributed by atoms with Crippen LogP contribution in [0.4, 0.5) is 0 Å². The maximum Gasteiger partial charge on any atom is 0.307 e. The molecule has 0 radical (unpaired) electrons. The Morgan fingerprint density at radius 1 is 0.878 bits per heavy atom. The smallest absolute Gasteiger partial charge is 0.307 e. The summed E-state index contributed by atoms with van der Waals surface area (Å²) in [4.78, 5) is 37.8. The highest BCUT2D eigenvalue weighted by Gasteiger charge is 2.71. The molecule has 10 atom stereocenters. The second-order valence-corrected chi connectivity index (χ2v) is 18.4. The van der Waals surface area contributed by atoms with Crippen LogP contribution in [0.1, 0.15) is 133 Å². The number of fused-ring (bicyclic) bond motifs is 7. The molecule has 5 aliphatic rings. The fourth-order valence-electron chi connectivity index (χ4n) is 12.5. The van der Waals surface area contributed by atoms with Crippen LogP contribution in [-0.2, 0) is 19.1 Å². The van der Waals surface area contributed by atoms with Crippen molar-refractivity contribution >= 4 is 32.9 Å². The van der Waals surface area contributed by atoms with E-state index in [1.807, 2.05) is 0 Å². The lowest BCUT2D eigenvalue weighted by Crippen LogP contribution is -2.67. The molecule has 0 saturated heterocycles. The van der Waals surface area contributed by atoms with Crippen molar-refractivity contribution in [3.8, 4) is 0 Å². The minimum absolute atomic E-state index is 0.0820. The summed E-state index contributed by atoms with van der Waals surface area (Å²) in [7, 11) is 0. The average molecular weight is 634 g/mol. The SMILES string of the molecule is CC(C)[C@@H]1CC[C@]2(C=O)CC[C@]3(C)C(CCC4[C@@]5(C)CC[C@H](OC(=O)CC(C)(C)C(=O)Br)C(C)(C)C5CC[C@]43C)C12. The lowest BCUT2D eigenvalue weighted by Gasteiger charge is -2.72. The van der Waals surface area contributed by atoms with E-state index in [-0.39, 0.29) is 50.3 Å². The quantitative estimate of drug-likeness (QED) is 0.166. The number of rotatable bonds is 6. The molecule has 0 bridgehead atoms. The van der Waals surface area contributed by atoms with Gasteiger partial charge in [0.2, 0.25) is 4.69 Å². The van der Waals surface area contributed by atoms with Crippen LogP contribution < -0.4 is 0 Å². The first kappa shape index (κ1) is 31.7. The van der Waals surface area contributed by atoms with Gasteiger partial charge in [-0.05, 0) is 132 Å². The van der Waals surface area contributed by atoms with Gasteiger partial charge in [0, 0.05) is 16.2 Å². The Hall–Kier alpha value is -0.710. The zero-order chi connectivity index (χ0) is 30.4. The molecule has 232 valence electrons. The minimum Gasteiger partial charge on any atom is -0.462 e. The monoisotopic (exact) mass is 632 g/mol. The maximum atomic E-state index is 13.0.